The third-order valence-electron chi connectivity index (χ3n) is 3.81. The number of amides is 1. The summed E-state index contributed by atoms with van der Waals surface area (Å²) in [4.78, 5) is 25.5. The van der Waals surface area contributed by atoms with Gasteiger partial charge in [-0.15, -0.1) is 0 Å². The molecule has 2 rings (SSSR count). The number of nitrogens with zero attached hydrogens (tertiary/aromatic N) is 4. The minimum absolute atomic E-state index is 0.0364. The summed E-state index contributed by atoms with van der Waals surface area (Å²) >= 11 is 6.16. The van der Waals surface area contributed by atoms with E-state index in [1.807, 2.05) is 0 Å². The van der Waals surface area contributed by atoms with Crippen LogP contribution in [0.25, 0.3) is 0 Å². The normalized spacial score (nSPS) is 17.5. The predicted octanol–water partition coefficient (Wildman–Crippen LogP) is 0.665. The Morgan fingerprint density at radius 2 is 2.38 bits per heavy atom. The van der Waals surface area contributed by atoms with Crippen LogP contribution >= 0.6 is 11.6 Å². The number of aromatic nitrogens is 2. The Hall–Kier alpha value is -2.39. The maximum absolute atomic E-state index is 11.5. The number of hydrogen-bond acceptors (Lipinski definition) is 8. The third-order valence-corrected chi connectivity index (χ3v) is 4.09. The Balaban J connectivity index is 1.95. The van der Waals surface area contributed by atoms with Gasteiger partial charge in [-0.05, 0) is 19.4 Å². The molecule has 0 radical (unpaired) electrons. The van der Waals surface area contributed by atoms with Crippen molar-refractivity contribution >= 4 is 35.5 Å². The number of halogens is 1. The van der Waals surface area contributed by atoms with Crippen molar-refractivity contribution in [3.8, 4) is 0 Å². The zero-order chi connectivity index (χ0) is 18.9. The lowest BCUT2D eigenvalue weighted by molar-refractivity contribution is -0.127. The summed E-state index contributed by atoms with van der Waals surface area (Å²) in [5.41, 5.74) is 6.06. The van der Waals surface area contributed by atoms with Crippen molar-refractivity contribution in [1.82, 2.24) is 20.2 Å². The predicted molar refractivity (Wildman–Crippen MR) is 105 cm³/mol. The Morgan fingerprint density at radius 3 is 3.04 bits per heavy atom. The maximum atomic E-state index is 11.5. The van der Waals surface area contributed by atoms with E-state index < -0.39 is 0 Å². The highest BCUT2D eigenvalue weighted by atomic mass is 35.5. The van der Waals surface area contributed by atoms with E-state index in [-0.39, 0.29) is 12.5 Å². The fourth-order valence-electron chi connectivity index (χ4n) is 2.31. The molecule has 0 aliphatic carbocycles. The van der Waals surface area contributed by atoms with Crippen molar-refractivity contribution < 1.29 is 4.79 Å². The summed E-state index contributed by atoms with van der Waals surface area (Å²) in [6.07, 6.45) is 6.62. The van der Waals surface area contributed by atoms with Crippen molar-refractivity contribution in [3.63, 3.8) is 0 Å². The zero-order valence-corrected chi connectivity index (χ0v) is 15.8. The average Bonchev–Trinajstić information content (AvgIpc) is 3.14. The van der Waals surface area contributed by atoms with E-state index in [0.717, 1.165) is 19.5 Å². The van der Waals surface area contributed by atoms with E-state index in [0.29, 0.717) is 28.5 Å². The molecule has 0 aromatic carbocycles. The van der Waals surface area contributed by atoms with Crippen molar-refractivity contribution in [2.75, 3.05) is 44.4 Å². The van der Waals surface area contributed by atoms with E-state index in [4.69, 9.17) is 17.3 Å². The number of allylic oxidation sites excluding steroid dienone is 1. The molecule has 2 heterocycles. The summed E-state index contributed by atoms with van der Waals surface area (Å²) in [6.45, 7) is 1.82. The first kappa shape index (κ1) is 19.9. The smallest absolute Gasteiger partial charge is 0.243 e. The highest BCUT2D eigenvalue weighted by Gasteiger charge is 2.14. The first-order valence-electron chi connectivity index (χ1n) is 8.38. The number of aliphatic imine (C=N–C) groups is 1. The summed E-state index contributed by atoms with van der Waals surface area (Å²) in [6, 6.07) is 0.415. The lowest BCUT2D eigenvalue weighted by Crippen LogP contribution is -2.29. The van der Waals surface area contributed by atoms with Crippen LogP contribution in [-0.4, -0.2) is 66.8 Å². The number of carbonyl (C=O) groups excluding carboxylic acids is 1. The topological polar surface area (TPSA) is 121 Å². The molecule has 1 aliphatic heterocycles. The van der Waals surface area contributed by atoms with Gasteiger partial charge in [-0.25, -0.2) is 4.98 Å². The van der Waals surface area contributed by atoms with Crippen molar-refractivity contribution in [3.05, 3.63) is 23.1 Å². The molecule has 1 aromatic rings. The molecule has 0 bridgehead atoms. The molecule has 1 atom stereocenters. The first-order valence-corrected chi connectivity index (χ1v) is 8.76. The van der Waals surface area contributed by atoms with Gasteiger partial charge in [-0.3, -0.25) is 9.79 Å². The lowest BCUT2D eigenvalue weighted by Gasteiger charge is -2.14. The van der Waals surface area contributed by atoms with E-state index in [9.17, 15) is 4.79 Å². The quantitative estimate of drug-likeness (QED) is 0.489. The Bertz CT molecular complexity index is 670. The molecule has 142 valence electrons. The van der Waals surface area contributed by atoms with Gasteiger partial charge in [-0.2, -0.15) is 4.98 Å². The molecule has 10 heteroatoms. The van der Waals surface area contributed by atoms with Gasteiger partial charge in [0.2, 0.25) is 11.9 Å². The summed E-state index contributed by atoms with van der Waals surface area (Å²) < 4.78 is 0. The van der Waals surface area contributed by atoms with Gasteiger partial charge in [0, 0.05) is 39.1 Å². The highest BCUT2D eigenvalue weighted by molar-refractivity contribution is 6.32. The number of nitrogens with one attached hydrogen (secondary N) is 3. The Morgan fingerprint density at radius 1 is 1.58 bits per heavy atom. The summed E-state index contributed by atoms with van der Waals surface area (Å²) in [5.74, 6) is 0.778. The fraction of sp³-hybridized carbons (Fsp3) is 0.500. The van der Waals surface area contributed by atoms with E-state index in [1.54, 1.807) is 14.1 Å². The molecular weight excluding hydrogens is 356 g/mol. The second-order valence-corrected chi connectivity index (χ2v) is 6.48. The zero-order valence-electron chi connectivity index (χ0n) is 15.0. The van der Waals surface area contributed by atoms with Crippen LogP contribution in [0.4, 0.5) is 11.8 Å². The molecule has 26 heavy (non-hydrogen) atoms. The summed E-state index contributed by atoms with van der Waals surface area (Å²) in [7, 11) is 3.35. The molecule has 1 aliphatic rings. The number of hydrogen-bond donors (Lipinski definition) is 4. The van der Waals surface area contributed by atoms with Gasteiger partial charge >= 0.3 is 0 Å². The van der Waals surface area contributed by atoms with Crippen molar-refractivity contribution in [2.45, 2.75) is 18.9 Å². The largest absolute Gasteiger partial charge is 0.403 e. The monoisotopic (exact) mass is 380 g/mol. The lowest BCUT2D eigenvalue weighted by atomic mass is 10.2. The van der Waals surface area contributed by atoms with Crippen LogP contribution in [0.5, 0.6) is 0 Å². The molecule has 5 N–H and O–H groups in total. The number of nitrogens with two attached hydrogens (primary N) is 1. The average molecular weight is 381 g/mol. The van der Waals surface area contributed by atoms with Gasteiger partial charge in [0.1, 0.15) is 11.6 Å². The van der Waals surface area contributed by atoms with Gasteiger partial charge in [0.25, 0.3) is 0 Å². The molecular formula is C16H25ClN8O. The van der Waals surface area contributed by atoms with Crippen LogP contribution in [0, 0.1) is 0 Å². The minimum atomic E-state index is -0.104. The molecule has 9 nitrogen and oxygen atoms in total. The molecule has 1 saturated heterocycles. The van der Waals surface area contributed by atoms with Crippen LogP contribution in [0.2, 0.25) is 5.02 Å². The molecule has 1 amide bonds. The minimum Gasteiger partial charge on any atom is -0.403 e. The Kier molecular flexibility index (Phi) is 7.61. The SMILES string of the molecule is CN(C)C(=O)CN=C/C(=C\N)Nc1ncc(Cl)c(NC[C@@H]2CCCN2)n1. The molecule has 0 saturated carbocycles. The maximum Gasteiger partial charge on any atom is 0.243 e. The second kappa shape index (κ2) is 9.93. The number of anilines is 2. The summed E-state index contributed by atoms with van der Waals surface area (Å²) in [5, 5.41) is 10.0. The van der Waals surface area contributed by atoms with Gasteiger partial charge in [0.15, 0.2) is 5.82 Å². The van der Waals surface area contributed by atoms with Crippen LogP contribution in [0.1, 0.15) is 12.8 Å². The number of carbonyl (C=O) groups is 1. The highest BCUT2D eigenvalue weighted by Crippen LogP contribution is 2.20. The van der Waals surface area contributed by atoms with Gasteiger partial charge in [0.05, 0.1) is 11.9 Å². The second-order valence-electron chi connectivity index (χ2n) is 6.07. The van der Waals surface area contributed by atoms with Crippen molar-refractivity contribution in [1.29, 1.82) is 0 Å². The molecule has 1 fully saturated rings. The molecule has 0 unspecified atom stereocenters. The van der Waals surface area contributed by atoms with Gasteiger partial charge < -0.3 is 26.6 Å². The number of rotatable bonds is 8. The van der Waals surface area contributed by atoms with Crippen LogP contribution in [0.3, 0.4) is 0 Å². The number of likely N-dealkylation sites (N-methyl/N-ethyl adjacent to an activating group) is 1. The van der Waals surface area contributed by atoms with Crippen LogP contribution in [-0.2, 0) is 4.79 Å². The molecule has 1 aromatic heterocycles. The molecule has 0 spiro atoms. The Labute approximate surface area is 158 Å². The third kappa shape index (κ3) is 6.16. The van der Waals surface area contributed by atoms with Crippen molar-refractivity contribution in [2.24, 2.45) is 10.7 Å². The van der Waals surface area contributed by atoms with Crippen LogP contribution < -0.4 is 21.7 Å². The fourth-order valence-corrected chi connectivity index (χ4v) is 2.47. The van der Waals surface area contributed by atoms with E-state index in [1.165, 1.54) is 29.9 Å². The van der Waals surface area contributed by atoms with Crippen LogP contribution in [0.15, 0.2) is 23.1 Å². The van der Waals surface area contributed by atoms with E-state index >= 15 is 0 Å². The van der Waals surface area contributed by atoms with E-state index in [2.05, 4.69) is 30.9 Å². The van der Waals surface area contributed by atoms with Gasteiger partial charge in [-0.1, -0.05) is 11.6 Å². The standard InChI is InChI=1S/C16H25ClN8O/c1-25(2)14(26)10-19-7-12(6-18)23-16-22-9-13(17)15(24-16)21-8-11-4-3-5-20-11/h6-7,9,11,20H,3-5,8,10,18H2,1-2H3,(H2,21,22,23,24)/b12-6+,19-7?/t11-/m0/s1. The first-order chi connectivity index (χ1) is 12.5.